The van der Waals surface area contributed by atoms with Crippen LogP contribution in [-0.4, -0.2) is 21.1 Å². The number of carbonyl (C=O) groups excluding carboxylic acids is 1. The quantitative estimate of drug-likeness (QED) is 0.546. The van der Waals surface area contributed by atoms with E-state index in [1.165, 1.54) is 33.1 Å². The Hall–Kier alpha value is -2.46. The van der Waals surface area contributed by atoms with Gasteiger partial charge in [-0.25, -0.2) is 0 Å². The molecule has 0 atom stereocenters. The van der Waals surface area contributed by atoms with Crippen LogP contribution in [0.1, 0.15) is 62.4 Å². The van der Waals surface area contributed by atoms with Crippen molar-refractivity contribution in [3.05, 3.63) is 58.3 Å². The van der Waals surface area contributed by atoms with Crippen LogP contribution in [0.5, 0.6) is 0 Å². The molecule has 0 amide bonds. The van der Waals surface area contributed by atoms with Gasteiger partial charge in [0.1, 0.15) is 5.60 Å². The van der Waals surface area contributed by atoms with Crippen LogP contribution in [-0.2, 0) is 0 Å². The summed E-state index contributed by atoms with van der Waals surface area (Å²) in [6.07, 6.45) is 5.86. The first-order valence-electron chi connectivity index (χ1n) is 9.72. The van der Waals surface area contributed by atoms with Gasteiger partial charge < -0.3 is 9.67 Å². The van der Waals surface area contributed by atoms with Gasteiger partial charge in [-0.15, -0.1) is 0 Å². The van der Waals surface area contributed by atoms with Crippen LogP contribution in [0.2, 0.25) is 0 Å². The van der Waals surface area contributed by atoms with E-state index in [1.807, 2.05) is 30.3 Å². The van der Waals surface area contributed by atoms with Crippen molar-refractivity contribution in [2.24, 2.45) is 0 Å². The average molecular weight is 363 g/mol. The highest BCUT2D eigenvalue weighted by molar-refractivity contribution is 6.05. The molecule has 0 bridgehead atoms. The number of aromatic nitrogens is 1. The lowest BCUT2D eigenvalue weighted by Crippen LogP contribution is -2.31. The largest absolute Gasteiger partial charge is 0.382 e. The van der Waals surface area contributed by atoms with Gasteiger partial charge in [0.15, 0.2) is 11.2 Å². The summed E-state index contributed by atoms with van der Waals surface area (Å²) in [5.41, 5.74) is 0.685. The van der Waals surface area contributed by atoms with Gasteiger partial charge in [0, 0.05) is 22.4 Å². The molecule has 1 saturated carbocycles. The Kier molecular flexibility index (Phi) is 4.39. The van der Waals surface area contributed by atoms with Gasteiger partial charge in [0.05, 0.1) is 11.0 Å². The third-order valence-electron chi connectivity index (χ3n) is 5.67. The highest BCUT2D eigenvalue weighted by Gasteiger charge is 2.26. The van der Waals surface area contributed by atoms with Gasteiger partial charge in [0.25, 0.3) is 0 Å². The molecule has 140 valence electrons. The maximum absolute atomic E-state index is 13.2. The Morgan fingerprint density at radius 3 is 2.37 bits per heavy atom. The average Bonchev–Trinajstić information content (AvgIpc) is 2.67. The standard InChI is InChI=1S/C23H25NO3/c1-23(2,27)22(26)15-12-13-20-18(14-15)21(25)17-10-6-7-11-19(17)24(20)16-8-4-3-5-9-16/h6-7,10-14,16,27H,3-5,8-9H2,1-2H3. The number of ketones is 1. The van der Waals surface area contributed by atoms with Crippen LogP contribution in [0.4, 0.5) is 0 Å². The second kappa shape index (κ2) is 6.61. The predicted octanol–water partition coefficient (Wildman–Crippen LogP) is 4.61. The van der Waals surface area contributed by atoms with E-state index in [9.17, 15) is 14.7 Å². The Balaban J connectivity index is 2.03. The zero-order valence-corrected chi connectivity index (χ0v) is 15.9. The predicted molar refractivity (Wildman–Crippen MR) is 108 cm³/mol. The van der Waals surface area contributed by atoms with Gasteiger partial charge in [-0.2, -0.15) is 0 Å². The van der Waals surface area contributed by atoms with Crippen LogP contribution >= 0.6 is 0 Å². The van der Waals surface area contributed by atoms with Crippen molar-refractivity contribution in [1.82, 2.24) is 4.57 Å². The van der Waals surface area contributed by atoms with E-state index in [0.717, 1.165) is 23.9 Å². The first-order chi connectivity index (χ1) is 12.9. The van der Waals surface area contributed by atoms with E-state index in [1.54, 1.807) is 12.1 Å². The van der Waals surface area contributed by atoms with Crippen LogP contribution in [0.3, 0.4) is 0 Å². The molecule has 2 aromatic carbocycles. The number of carbonyl (C=O) groups is 1. The third-order valence-corrected chi connectivity index (χ3v) is 5.67. The minimum absolute atomic E-state index is 0.0574. The summed E-state index contributed by atoms with van der Waals surface area (Å²) in [7, 11) is 0. The summed E-state index contributed by atoms with van der Waals surface area (Å²) in [5.74, 6) is -0.374. The lowest BCUT2D eigenvalue weighted by atomic mass is 9.92. The number of rotatable bonds is 3. The van der Waals surface area contributed by atoms with Crippen molar-refractivity contribution in [2.75, 3.05) is 0 Å². The fourth-order valence-electron chi connectivity index (χ4n) is 4.31. The zero-order valence-electron chi connectivity index (χ0n) is 15.9. The molecule has 1 aromatic heterocycles. The number of para-hydroxylation sites is 1. The lowest BCUT2D eigenvalue weighted by Gasteiger charge is -2.28. The molecule has 0 saturated heterocycles. The monoisotopic (exact) mass is 363 g/mol. The van der Waals surface area contributed by atoms with Crippen molar-refractivity contribution in [3.8, 4) is 0 Å². The highest BCUT2D eigenvalue weighted by Crippen LogP contribution is 2.33. The molecule has 1 aliphatic carbocycles. The Bertz CT molecular complexity index is 1080. The first kappa shape index (κ1) is 17.9. The summed E-state index contributed by atoms with van der Waals surface area (Å²) in [6.45, 7) is 2.94. The fraction of sp³-hybridized carbons (Fsp3) is 0.391. The first-order valence-corrected chi connectivity index (χ1v) is 9.72. The lowest BCUT2D eigenvalue weighted by molar-refractivity contribution is 0.0488. The second-order valence-corrected chi connectivity index (χ2v) is 8.13. The van der Waals surface area contributed by atoms with Gasteiger partial charge in [0.2, 0.25) is 0 Å². The molecule has 1 fully saturated rings. The maximum Gasteiger partial charge on any atom is 0.197 e. The molecule has 0 spiro atoms. The molecule has 4 nitrogen and oxygen atoms in total. The summed E-state index contributed by atoms with van der Waals surface area (Å²) in [4.78, 5) is 25.7. The van der Waals surface area contributed by atoms with Gasteiger partial charge in [-0.1, -0.05) is 31.4 Å². The van der Waals surface area contributed by atoms with Crippen LogP contribution in [0, 0.1) is 0 Å². The van der Waals surface area contributed by atoms with Gasteiger partial charge >= 0.3 is 0 Å². The normalized spacial score (nSPS) is 16.1. The minimum Gasteiger partial charge on any atom is -0.382 e. The molecule has 1 heterocycles. The van der Waals surface area contributed by atoms with E-state index in [-0.39, 0.29) is 11.2 Å². The van der Waals surface area contributed by atoms with E-state index in [2.05, 4.69) is 4.57 Å². The number of benzene rings is 2. The topological polar surface area (TPSA) is 59.3 Å². The number of nitrogens with zero attached hydrogens (tertiary/aromatic N) is 1. The van der Waals surface area contributed by atoms with E-state index >= 15 is 0 Å². The van der Waals surface area contributed by atoms with E-state index in [4.69, 9.17) is 0 Å². The van der Waals surface area contributed by atoms with Gasteiger partial charge in [-0.3, -0.25) is 9.59 Å². The highest BCUT2D eigenvalue weighted by atomic mass is 16.3. The second-order valence-electron chi connectivity index (χ2n) is 8.13. The molecule has 1 aliphatic rings. The van der Waals surface area contributed by atoms with E-state index in [0.29, 0.717) is 22.4 Å². The summed E-state index contributed by atoms with van der Waals surface area (Å²) < 4.78 is 2.30. The number of fused-ring (bicyclic) bond motifs is 2. The molecule has 0 aliphatic heterocycles. The van der Waals surface area contributed by atoms with Crippen molar-refractivity contribution >= 4 is 27.6 Å². The Morgan fingerprint density at radius 1 is 1.00 bits per heavy atom. The van der Waals surface area contributed by atoms with Crippen molar-refractivity contribution in [3.63, 3.8) is 0 Å². The van der Waals surface area contributed by atoms with E-state index < -0.39 is 5.60 Å². The zero-order chi connectivity index (χ0) is 19.2. The molecular weight excluding hydrogens is 338 g/mol. The maximum atomic E-state index is 13.2. The summed E-state index contributed by atoms with van der Waals surface area (Å²) >= 11 is 0. The molecule has 4 heteroatoms. The van der Waals surface area contributed by atoms with Crippen LogP contribution in [0.15, 0.2) is 47.3 Å². The van der Waals surface area contributed by atoms with Crippen molar-refractivity contribution in [1.29, 1.82) is 0 Å². The smallest absolute Gasteiger partial charge is 0.197 e. The molecule has 4 rings (SSSR count). The molecule has 0 radical (unpaired) electrons. The molecule has 3 aromatic rings. The number of Topliss-reactive ketones (excluding diaryl/α,β-unsaturated/α-hetero) is 1. The van der Waals surface area contributed by atoms with Gasteiger partial charge in [-0.05, 0) is 57.0 Å². The van der Waals surface area contributed by atoms with Crippen LogP contribution < -0.4 is 5.43 Å². The SMILES string of the molecule is CC(C)(O)C(=O)c1ccc2c(c1)c(=O)c1ccccc1n2C1CCCCC1. The van der Waals surface area contributed by atoms with Crippen molar-refractivity contribution < 1.29 is 9.90 Å². The number of hydrogen-bond donors (Lipinski definition) is 1. The Morgan fingerprint density at radius 2 is 1.67 bits per heavy atom. The summed E-state index contributed by atoms with van der Waals surface area (Å²) in [5, 5.41) is 11.3. The molecule has 0 unspecified atom stereocenters. The minimum atomic E-state index is -1.47. The molecule has 27 heavy (non-hydrogen) atoms. The number of pyridine rings is 1. The van der Waals surface area contributed by atoms with Crippen molar-refractivity contribution in [2.45, 2.75) is 57.6 Å². The third kappa shape index (κ3) is 3.08. The molecular formula is C23H25NO3. The fourth-order valence-corrected chi connectivity index (χ4v) is 4.31. The molecule has 1 N–H and O–H groups in total. The van der Waals surface area contributed by atoms with Crippen LogP contribution in [0.25, 0.3) is 21.8 Å². The number of hydrogen-bond acceptors (Lipinski definition) is 3. The number of aliphatic hydroxyl groups is 1. The Labute approximate surface area is 158 Å². The summed E-state index contributed by atoms with van der Waals surface area (Å²) in [6, 6.07) is 13.4.